The monoisotopic (exact) mass is 406 g/mol. The summed E-state index contributed by atoms with van der Waals surface area (Å²) in [6.07, 6.45) is 0. The van der Waals surface area contributed by atoms with Crippen molar-refractivity contribution < 1.29 is 4.79 Å². The molecule has 0 fully saturated rings. The van der Waals surface area contributed by atoms with Gasteiger partial charge in [-0.15, -0.1) is 11.3 Å². The third-order valence-corrected chi connectivity index (χ3v) is 4.51. The average molecular weight is 407 g/mol. The molecule has 0 saturated carbocycles. The Hall–Kier alpha value is -0.200. The smallest absolute Gasteiger partial charge is 0.194 e. The standard InChI is InChI=1S/C12H8BrIOS/c1-7-10(6-11(13)16-7)12(15)8-2-4-9(14)5-3-8/h2-6H,1H3. The molecule has 2 aromatic rings. The minimum atomic E-state index is 0.0934. The maximum absolute atomic E-state index is 12.2. The summed E-state index contributed by atoms with van der Waals surface area (Å²) in [4.78, 5) is 13.2. The molecule has 0 amide bonds. The molecule has 0 bridgehead atoms. The van der Waals surface area contributed by atoms with Crippen LogP contribution in [-0.2, 0) is 0 Å². The first-order chi connectivity index (χ1) is 7.58. The van der Waals surface area contributed by atoms with E-state index in [0.717, 1.165) is 23.4 Å². The molecule has 0 unspecified atom stereocenters. The van der Waals surface area contributed by atoms with E-state index in [1.807, 2.05) is 37.3 Å². The SMILES string of the molecule is Cc1sc(Br)cc1C(=O)c1ccc(I)cc1. The average Bonchev–Trinajstić information content (AvgIpc) is 2.58. The van der Waals surface area contributed by atoms with Crippen LogP contribution >= 0.6 is 49.9 Å². The molecule has 1 heterocycles. The molecular formula is C12H8BrIOS. The second kappa shape index (κ2) is 4.98. The van der Waals surface area contributed by atoms with Crippen molar-refractivity contribution in [1.29, 1.82) is 0 Å². The van der Waals surface area contributed by atoms with Crippen LogP contribution in [-0.4, -0.2) is 5.78 Å². The number of rotatable bonds is 2. The van der Waals surface area contributed by atoms with Crippen molar-refractivity contribution in [2.45, 2.75) is 6.92 Å². The first-order valence-corrected chi connectivity index (χ1v) is 7.33. The van der Waals surface area contributed by atoms with Gasteiger partial charge in [0.2, 0.25) is 0 Å². The van der Waals surface area contributed by atoms with Gasteiger partial charge in [0, 0.05) is 19.6 Å². The molecule has 16 heavy (non-hydrogen) atoms. The van der Waals surface area contributed by atoms with Crippen molar-refractivity contribution in [2.24, 2.45) is 0 Å². The summed E-state index contributed by atoms with van der Waals surface area (Å²) in [6, 6.07) is 9.53. The third-order valence-electron chi connectivity index (χ3n) is 2.24. The number of carbonyl (C=O) groups is 1. The molecule has 0 radical (unpaired) electrons. The van der Waals surface area contributed by atoms with Gasteiger partial charge >= 0.3 is 0 Å². The molecule has 0 aliphatic heterocycles. The molecule has 0 aliphatic carbocycles. The van der Waals surface area contributed by atoms with Crippen LogP contribution in [0.1, 0.15) is 20.8 Å². The molecule has 1 aromatic heterocycles. The number of hydrogen-bond acceptors (Lipinski definition) is 2. The lowest BCUT2D eigenvalue weighted by atomic mass is 10.0. The van der Waals surface area contributed by atoms with Gasteiger partial charge < -0.3 is 0 Å². The molecule has 0 atom stereocenters. The molecule has 4 heteroatoms. The Morgan fingerprint density at radius 2 is 1.94 bits per heavy atom. The molecule has 0 aliphatic rings. The fourth-order valence-electron chi connectivity index (χ4n) is 1.43. The third kappa shape index (κ3) is 2.55. The summed E-state index contributed by atoms with van der Waals surface area (Å²) < 4.78 is 2.14. The maximum atomic E-state index is 12.2. The van der Waals surface area contributed by atoms with E-state index in [0.29, 0.717) is 0 Å². The van der Waals surface area contributed by atoms with Crippen LogP contribution in [0.2, 0.25) is 0 Å². The number of benzene rings is 1. The Labute approximate surface area is 120 Å². The minimum absolute atomic E-state index is 0.0934. The zero-order valence-electron chi connectivity index (χ0n) is 8.46. The highest BCUT2D eigenvalue weighted by Crippen LogP contribution is 2.28. The second-order valence-electron chi connectivity index (χ2n) is 3.36. The van der Waals surface area contributed by atoms with Crippen LogP contribution in [0.5, 0.6) is 0 Å². The van der Waals surface area contributed by atoms with Gasteiger partial charge in [0.25, 0.3) is 0 Å². The Kier molecular flexibility index (Phi) is 3.81. The second-order valence-corrected chi connectivity index (χ2v) is 7.24. The summed E-state index contributed by atoms with van der Waals surface area (Å²) in [5.41, 5.74) is 1.53. The zero-order valence-corrected chi connectivity index (χ0v) is 13.0. The predicted molar refractivity (Wildman–Crippen MR) is 79.3 cm³/mol. The first kappa shape index (κ1) is 12.3. The molecule has 1 aromatic carbocycles. The lowest BCUT2D eigenvalue weighted by Gasteiger charge is -2.00. The minimum Gasteiger partial charge on any atom is -0.289 e. The zero-order chi connectivity index (χ0) is 11.7. The van der Waals surface area contributed by atoms with Crippen molar-refractivity contribution in [3.05, 3.63) is 53.7 Å². The molecule has 2 rings (SSSR count). The molecular weight excluding hydrogens is 399 g/mol. The Bertz CT molecular complexity index is 530. The summed E-state index contributed by atoms with van der Waals surface area (Å²) in [5.74, 6) is 0.0934. The molecule has 0 saturated heterocycles. The summed E-state index contributed by atoms with van der Waals surface area (Å²) in [6.45, 7) is 1.97. The van der Waals surface area contributed by atoms with Crippen molar-refractivity contribution >= 4 is 55.6 Å². The van der Waals surface area contributed by atoms with Crippen molar-refractivity contribution in [1.82, 2.24) is 0 Å². The Morgan fingerprint density at radius 3 is 2.44 bits per heavy atom. The fraction of sp³-hybridized carbons (Fsp3) is 0.0833. The van der Waals surface area contributed by atoms with Crippen LogP contribution in [0, 0.1) is 10.5 Å². The van der Waals surface area contributed by atoms with Gasteiger partial charge in [-0.25, -0.2) is 0 Å². The molecule has 0 spiro atoms. The van der Waals surface area contributed by atoms with Crippen LogP contribution < -0.4 is 0 Å². The highest BCUT2D eigenvalue weighted by molar-refractivity contribution is 14.1. The molecule has 1 nitrogen and oxygen atoms in total. The Morgan fingerprint density at radius 1 is 1.31 bits per heavy atom. The van der Waals surface area contributed by atoms with E-state index in [9.17, 15) is 4.79 Å². The fourth-order valence-corrected chi connectivity index (χ4v) is 3.48. The van der Waals surface area contributed by atoms with E-state index < -0.39 is 0 Å². The van der Waals surface area contributed by atoms with E-state index in [2.05, 4.69) is 38.5 Å². The van der Waals surface area contributed by atoms with Gasteiger partial charge in [0.05, 0.1) is 3.79 Å². The number of aryl methyl sites for hydroxylation is 1. The number of carbonyl (C=O) groups excluding carboxylic acids is 1. The van der Waals surface area contributed by atoms with Gasteiger partial charge in [0.1, 0.15) is 0 Å². The predicted octanol–water partition coefficient (Wildman–Crippen LogP) is 4.65. The first-order valence-electron chi connectivity index (χ1n) is 4.64. The topological polar surface area (TPSA) is 17.1 Å². The van der Waals surface area contributed by atoms with Crippen LogP contribution in [0.3, 0.4) is 0 Å². The summed E-state index contributed by atoms with van der Waals surface area (Å²) in [7, 11) is 0. The van der Waals surface area contributed by atoms with E-state index in [1.165, 1.54) is 0 Å². The van der Waals surface area contributed by atoms with Gasteiger partial charge in [-0.2, -0.15) is 0 Å². The van der Waals surface area contributed by atoms with Crippen LogP contribution in [0.15, 0.2) is 34.1 Å². The maximum Gasteiger partial charge on any atom is 0.194 e. The van der Waals surface area contributed by atoms with E-state index in [-0.39, 0.29) is 5.78 Å². The number of hydrogen-bond donors (Lipinski definition) is 0. The molecule has 0 N–H and O–H groups in total. The Balaban J connectivity index is 2.39. The normalized spacial score (nSPS) is 10.4. The van der Waals surface area contributed by atoms with E-state index in [1.54, 1.807) is 11.3 Å². The van der Waals surface area contributed by atoms with Gasteiger partial charge in [-0.05, 0) is 75.8 Å². The van der Waals surface area contributed by atoms with E-state index in [4.69, 9.17) is 0 Å². The van der Waals surface area contributed by atoms with Gasteiger partial charge in [0.15, 0.2) is 5.78 Å². The van der Waals surface area contributed by atoms with Crippen molar-refractivity contribution in [2.75, 3.05) is 0 Å². The number of thiophene rings is 1. The number of halogens is 2. The van der Waals surface area contributed by atoms with Crippen LogP contribution in [0.25, 0.3) is 0 Å². The van der Waals surface area contributed by atoms with Gasteiger partial charge in [-0.1, -0.05) is 0 Å². The summed E-state index contributed by atoms with van der Waals surface area (Å²) >= 11 is 7.22. The highest BCUT2D eigenvalue weighted by Gasteiger charge is 2.14. The molecule has 82 valence electrons. The lowest BCUT2D eigenvalue weighted by Crippen LogP contribution is -2.00. The van der Waals surface area contributed by atoms with Crippen molar-refractivity contribution in [3.63, 3.8) is 0 Å². The van der Waals surface area contributed by atoms with E-state index >= 15 is 0 Å². The summed E-state index contributed by atoms with van der Waals surface area (Å²) in [5, 5.41) is 0. The highest BCUT2D eigenvalue weighted by atomic mass is 127. The van der Waals surface area contributed by atoms with Crippen LogP contribution in [0.4, 0.5) is 0 Å². The van der Waals surface area contributed by atoms with Crippen molar-refractivity contribution in [3.8, 4) is 0 Å². The largest absolute Gasteiger partial charge is 0.289 e. The van der Waals surface area contributed by atoms with Gasteiger partial charge in [-0.3, -0.25) is 4.79 Å². The quantitative estimate of drug-likeness (QED) is 0.523. The lowest BCUT2D eigenvalue weighted by molar-refractivity contribution is 0.103. The number of ketones is 1.